The molecule has 1 aliphatic heterocycles. The number of imidazole rings is 1. The number of nitrogens with zero attached hydrogens (tertiary/aromatic N) is 1. The normalized spacial score (nSPS) is 24.5. The quantitative estimate of drug-likeness (QED) is 0.473. The number of nitrogens with one attached hydrogen (secondary N) is 3. The van der Waals surface area contributed by atoms with Crippen molar-refractivity contribution < 1.29 is 4.74 Å². The molecule has 1 aliphatic rings. The molecule has 0 aliphatic carbocycles. The van der Waals surface area contributed by atoms with Gasteiger partial charge in [0.2, 0.25) is 0 Å². The molecule has 8 heteroatoms. The molecule has 2 unspecified atom stereocenters. The molecular formula is C9H11N5O3. The van der Waals surface area contributed by atoms with Crippen molar-refractivity contribution in [2.24, 2.45) is 5.73 Å². The average Bonchev–Trinajstić information content (AvgIpc) is 2.83. The van der Waals surface area contributed by atoms with Gasteiger partial charge in [-0.3, -0.25) is 14.8 Å². The van der Waals surface area contributed by atoms with Crippen LogP contribution < -0.4 is 17.0 Å². The highest BCUT2D eigenvalue weighted by Crippen LogP contribution is 2.22. The average molecular weight is 237 g/mol. The van der Waals surface area contributed by atoms with Gasteiger partial charge in [0.05, 0.1) is 19.1 Å². The van der Waals surface area contributed by atoms with Crippen molar-refractivity contribution in [1.82, 2.24) is 19.9 Å². The van der Waals surface area contributed by atoms with E-state index in [0.29, 0.717) is 19.0 Å². The van der Waals surface area contributed by atoms with Crippen LogP contribution in [-0.2, 0) is 4.74 Å². The molecule has 0 radical (unpaired) electrons. The number of hydrogen-bond acceptors (Lipinski definition) is 5. The lowest BCUT2D eigenvalue weighted by molar-refractivity contribution is 0.190. The highest BCUT2D eigenvalue weighted by Gasteiger charge is 2.29. The number of hydrogen-bond donors (Lipinski definition) is 4. The van der Waals surface area contributed by atoms with Crippen molar-refractivity contribution in [1.29, 1.82) is 0 Å². The van der Waals surface area contributed by atoms with Crippen LogP contribution in [0.1, 0.15) is 11.7 Å². The Balaban J connectivity index is 2.16. The van der Waals surface area contributed by atoms with Crippen LogP contribution in [-0.4, -0.2) is 39.2 Å². The van der Waals surface area contributed by atoms with Crippen LogP contribution in [0.3, 0.4) is 0 Å². The molecule has 0 spiro atoms. The standard InChI is InChI=1S/C9H11N5O3/c10-4-2-17-1-3(4)6-11-5-7(12-6)13-9(16)14-8(5)15/h3-4H,1-2,10H2,(H3,11,12,13,14,15,16). The van der Waals surface area contributed by atoms with Crippen molar-refractivity contribution in [2.75, 3.05) is 13.2 Å². The van der Waals surface area contributed by atoms with Crippen molar-refractivity contribution in [3.8, 4) is 0 Å². The Morgan fingerprint density at radius 3 is 2.76 bits per heavy atom. The van der Waals surface area contributed by atoms with E-state index >= 15 is 0 Å². The molecule has 5 N–H and O–H groups in total. The first-order valence-electron chi connectivity index (χ1n) is 5.20. The molecule has 0 aromatic carbocycles. The van der Waals surface area contributed by atoms with E-state index < -0.39 is 11.2 Å². The second-order valence-corrected chi connectivity index (χ2v) is 4.06. The van der Waals surface area contributed by atoms with E-state index in [1.54, 1.807) is 0 Å². The number of fused-ring (bicyclic) bond motifs is 1. The summed E-state index contributed by atoms with van der Waals surface area (Å²) in [6.07, 6.45) is 0. The minimum Gasteiger partial charge on any atom is -0.379 e. The Labute approximate surface area is 94.2 Å². The summed E-state index contributed by atoms with van der Waals surface area (Å²) >= 11 is 0. The molecule has 2 atom stereocenters. The predicted molar refractivity (Wildman–Crippen MR) is 58.9 cm³/mol. The van der Waals surface area contributed by atoms with Gasteiger partial charge in [0, 0.05) is 6.04 Å². The molecular weight excluding hydrogens is 226 g/mol. The summed E-state index contributed by atoms with van der Waals surface area (Å²) in [6, 6.07) is -0.152. The van der Waals surface area contributed by atoms with E-state index in [-0.39, 0.29) is 23.1 Å². The number of aromatic amines is 3. The topological polar surface area (TPSA) is 130 Å². The van der Waals surface area contributed by atoms with Crippen molar-refractivity contribution >= 4 is 11.2 Å². The maximum Gasteiger partial charge on any atom is 0.327 e. The molecule has 1 saturated heterocycles. The lowest BCUT2D eigenvalue weighted by Gasteiger charge is -2.08. The van der Waals surface area contributed by atoms with Crippen LogP contribution in [0, 0.1) is 0 Å². The zero-order valence-electron chi connectivity index (χ0n) is 8.82. The molecule has 2 aromatic rings. The molecule has 1 fully saturated rings. The molecule has 8 nitrogen and oxygen atoms in total. The maximum absolute atomic E-state index is 11.5. The third-order valence-corrected chi connectivity index (χ3v) is 2.88. The summed E-state index contributed by atoms with van der Waals surface area (Å²) in [4.78, 5) is 34.2. The Kier molecular flexibility index (Phi) is 2.13. The number of rotatable bonds is 1. The molecule has 17 heavy (non-hydrogen) atoms. The van der Waals surface area contributed by atoms with Gasteiger partial charge in [0.25, 0.3) is 5.56 Å². The molecule has 0 saturated carbocycles. The van der Waals surface area contributed by atoms with Gasteiger partial charge >= 0.3 is 5.69 Å². The first-order chi connectivity index (χ1) is 8.15. The Morgan fingerprint density at radius 2 is 2.06 bits per heavy atom. The SMILES string of the molecule is NC1COCC1c1nc2[nH]c(=O)[nH]c(=O)c2[nH]1. The molecule has 90 valence electrons. The third-order valence-electron chi connectivity index (χ3n) is 2.88. The van der Waals surface area contributed by atoms with Gasteiger partial charge in [0.1, 0.15) is 11.3 Å². The first kappa shape index (κ1) is 10.2. The third kappa shape index (κ3) is 1.58. The van der Waals surface area contributed by atoms with Gasteiger partial charge in [0.15, 0.2) is 5.65 Å². The fourth-order valence-corrected chi connectivity index (χ4v) is 1.98. The van der Waals surface area contributed by atoms with E-state index in [1.807, 2.05) is 0 Å². The minimum absolute atomic E-state index is 0.0784. The van der Waals surface area contributed by atoms with E-state index in [0.717, 1.165) is 0 Å². The number of aromatic nitrogens is 4. The summed E-state index contributed by atoms with van der Waals surface area (Å²) in [6.45, 7) is 0.928. The van der Waals surface area contributed by atoms with Crippen molar-refractivity contribution in [3.63, 3.8) is 0 Å². The second kappa shape index (κ2) is 3.54. The largest absolute Gasteiger partial charge is 0.379 e. The summed E-state index contributed by atoms with van der Waals surface area (Å²) in [7, 11) is 0. The molecule has 0 bridgehead atoms. The first-order valence-corrected chi connectivity index (χ1v) is 5.20. The summed E-state index contributed by atoms with van der Waals surface area (Å²) in [5.41, 5.74) is 5.28. The van der Waals surface area contributed by atoms with E-state index in [1.165, 1.54) is 0 Å². The minimum atomic E-state index is -0.576. The van der Waals surface area contributed by atoms with Crippen LogP contribution in [0.25, 0.3) is 11.2 Å². The number of ether oxygens (including phenoxy) is 1. The molecule has 2 aromatic heterocycles. The Hall–Kier alpha value is -1.93. The van der Waals surface area contributed by atoms with E-state index in [4.69, 9.17) is 10.5 Å². The van der Waals surface area contributed by atoms with E-state index in [9.17, 15) is 9.59 Å². The Morgan fingerprint density at radius 1 is 1.24 bits per heavy atom. The van der Waals surface area contributed by atoms with Crippen LogP contribution >= 0.6 is 0 Å². The highest BCUT2D eigenvalue weighted by atomic mass is 16.5. The smallest absolute Gasteiger partial charge is 0.327 e. The lowest BCUT2D eigenvalue weighted by atomic mass is 10.0. The highest BCUT2D eigenvalue weighted by molar-refractivity contribution is 5.68. The summed E-state index contributed by atoms with van der Waals surface area (Å²) in [5, 5.41) is 0. The van der Waals surface area contributed by atoms with Gasteiger partial charge in [-0.05, 0) is 0 Å². The molecule has 3 rings (SSSR count). The van der Waals surface area contributed by atoms with Crippen LogP contribution in [0.2, 0.25) is 0 Å². The van der Waals surface area contributed by atoms with Crippen LogP contribution in [0.15, 0.2) is 9.59 Å². The summed E-state index contributed by atoms with van der Waals surface area (Å²) < 4.78 is 5.23. The lowest BCUT2D eigenvalue weighted by Crippen LogP contribution is -2.27. The molecule has 0 amide bonds. The fourth-order valence-electron chi connectivity index (χ4n) is 1.98. The summed E-state index contributed by atoms with van der Waals surface area (Å²) in [5.74, 6) is 0.489. The maximum atomic E-state index is 11.5. The zero-order chi connectivity index (χ0) is 12.0. The zero-order valence-corrected chi connectivity index (χ0v) is 8.82. The van der Waals surface area contributed by atoms with Gasteiger partial charge < -0.3 is 15.5 Å². The van der Waals surface area contributed by atoms with Gasteiger partial charge in [-0.1, -0.05) is 0 Å². The van der Waals surface area contributed by atoms with Crippen molar-refractivity contribution in [2.45, 2.75) is 12.0 Å². The molecule has 3 heterocycles. The number of H-pyrrole nitrogens is 3. The second-order valence-electron chi connectivity index (χ2n) is 4.06. The van der Waals surface area contributed by atoms with Crippen LogP contribution in [0.4, 0.5) is 0 Å². The number of nitrogens with two attached hydrogens (primary N) is 1. The van der Waals surface area contributed by atoms with Gasteiger partial charge in [-0.25, -0.2) is 9.78 Å². The van der Waals surface area contributed by atoms with Gasteiger partial charge in [-0.2, -0.15) is 0 Å². The Bertz CT molecular complexity index is 669. The van der Waals surface area contributed by atoms with Crippen molar-refractivity contribution in [3.05, 3.63) is 26.7 Å². The monoisotopic (exact) mass is 237 g/mol. The predicted octanol–water partition coefficient (Wildman–Crippen LogP) is -1.62. The van der Waals surface area contributed by atoms with Gasteiger partial charge in [-0.15, -0.1) is 0 Å². The fraction of sp³-hybridized carbons (Fsp3) is 0.444. The van der Waals surface area contributed by atoms with Crippen LogP contribution in [0.5, 0.6) is 0 Å². The van der Waals surface area contributed by atoms with E-state index in [2.05, 4.69) is 19.9 Å².